The highest BCUT2D eigenvalue weighted by atomic mass is 14.2. The maximum Gasteiger partial charge on any atom is -0.00230 e. The summed E-state index contributed by atoms with van der Waals surface area (Å²) in [7, 11) is 0. The summed E-state index contributed by atoms with van der Waals surface area (Å²) in [5, 5.41) is 0. The predicted octanol–water partition coefficient (Wildman–Crippen LogP) is 4.60. The first-order chi connectivity index (χ1) is 8.43. The van der Waals surface area contributed by atoms with Crippen molar-refractivity contribution in [3.63, 3.8) is 0 Å². The van der Waals surface area contributed by atoms with Crippen LogP contribution >= 0.6 is 0 Å². The molecule has 0 aliphatic heterocycles. The molecule has 0 spiro atoms. The third-order valence-corrected chi connectivity index (χ3v) is 3.64. The van der Waals surface area contributed by atoms with Gasteiger partial charge in [-0.1, -0.05) is 48.6 Å². The molecule has 1 aromatic carbocycles. The van der Waals surface area contributed by atoms with E-state index in [0.29, 0.717) is 0 Å². The van der Waals surface area contributed by atoms with Gasteiger partial charge in [-0.2, -0.15) is 0 Å². The molecule has 0 saturated heterocycles. The van der Waals surface area contributed by atoms with Crippen LogP contribution in [0.1, 0.15) is 31.2 Å². The number of hydrogen-bond acceptors (Lipinski definition) is 0. The van der Waals surface area contributed by atoms with E-state index in [0.717, 1.165) is 6.42 Å². The highest BCUT2D eigenvalue weighted by molar-refractivity contribution is 5.52. The maximum atomic E-state index is 2.44. The fourth-order valence-corrected chi connectivity index (χ4v) is 2.80. The van der Waals surface area contributed by atoms with Gasteiger partial charge in [0.05, 0.1) is 0 Å². The minimum atomic E-state index is 1.09. The van der Waals surface area contributed by atoms with Gasteiger partial charge < -0.3 is 0 Å². The minimum absolute atomic E-state index is 1.09. The van der Waals surface area contributed by atoms with Gasteiger partial charge in [0.25, 0.3) is 0 Å². The molecule has 0 unspecified atom stereocenters. The second-order valence-electron chi connectivity index (χ2n) is 4.85. The van der Waals surface area contributed by atoms with Crippen LogP contribution in [0.2, 0.25) is 0 Å². The quantitative estimate of drug-likeness (QED) is 0.686. The monoisotopic (exact) mass is 222 g/mol. The lowest BCUT2D eigenvalue weighted by Gasteiger charge is -2.23. The summed E-state index contributed by atoms with van der Waals surface area (Å²) >= 11 is 0. The van der Waals surface area contributed by atoms with E-state index in [2.05, 4.69) is 48.6 Å². The van der Waals surface area contributed by atoms with Crippen molar-refractivity contribution in [1.29, 1.82) is 0 Å². The zero-order valence-electron chi connectivity index (χ0n) is 10.2. The molecule has 2 aliphatic rings. The first-order valence-corrected chi connectivity index (χ1v) is 6.56. The van der Waals surface area contributed by atoms with E-state index in [4.69, 9.17) is 0 Å². The Bertz CT molecular complexity index is 486. The van der Waals surface area contributed by atoms with E-state index in [1.807, 2.05) is 0 Å². The molecule has 2 aliphatic carbocycles. The van der Waals surface area contributed by atoms with Gasteiger partial charge in [0.2, 0.25) is 0 Å². The average molecular weight is 222 g/mol. The predicted molar refractivity (Wildman–Crippen MR) is 72.9 cm³/mol. The lowest BCUT2D eigenvalue weighted by atomic mass is 9.82. The van der Waals surface area contributed by atoms with E-state index in [1.165, 1.54) is 42.4 Å². The van der Waals surface area contributed by atoms with Crippen molar-refractivity contribution in [1.82, 2.24) is 0 Å². The first kappa shape index (κ1) is 10.6. The molecule has 1 aromatic rings. The summed E-state index contributed by atoms with van der Waals surface area (Å²) in [6.07, 6.45) is 13.3. The normalized spacial score (nSPS) is 18.9. The Kier molecular flexibility index (Phi) is 2.96. The second-order valence-corrected chi connectivity index (χ2v) is 4.85. The van der Waals surface area contributed by atoms with Crippen LogP contribution in [0.25, 0.3) is 0 Å². The highest BCUT2D eigenvalue weighted by Gasteiger charge is 2.16. The van der Waals surface area contributed by atoms with Crippen molar-refractivity contribution in [3.8, 4) is 0 Å². The molecule has 0 N–H and O–H groups in total. The van der Waals surface area contributed by atoms with Crippen LogP contribution in [0.5, 0.6) is 0 Å². The van der Waals surface area contributed by atoms with E-state index in [1.54, 1.807) is 5.57 Å². The van der Waals surface area contributed by atoms with Gasteiger partial charge in [0, 0.05) is 0 Å². The van der Waals surface area contributed by atoms with Gasteiger partial charge in [-0.3, -0.25) is 0 Å². The fraction of sp³-hybridized carbons (Fsp3) is 0.294. The van der Waals surface area contributed by atoms with Crippen LogP contribution in [0.4, 0.5) is 0 Å². The van der Waals surface area contributed by atoms with Crippen molar-refractivity contribution in [2.45, 2.75) is 32.1 Å². The molecule has 0 radical (unpaired) electrons. The van der Waals surface area contributed by atoms with Crippen molar-refractivity contribution in [2.75, 3.05) is 0 Å². The molecule has 3 rings (SSSR count). The number of fused-ring (bicyclic) bond motifs is 1. The van der Waals surface area contributed by atoms with E-state index in [-0.39, 0.29) is 0 Å². The van der Waals surface area contributed by atoms with Crippen LogP contribution in [0.3, 0.4) is 0 Å². The van der Waals surface area contributed by atoms with Crippen molar-refractivity contribution in [2.24, 2.45) is 0 Å². The summed E-state index contributed by atoms with van der Waals surface area (Å²) in [6.45, 7) is 0. The Labute approximate surface area is 103 Å². The zero-order chi connectivity index (χ0) is 11.5. The molecule has 0 nitrogen and oxygen atoms in total. The summed E-state index contributed by atoms with van der Waals surface area (Å²) in [6, 6.07) is 10.8. The Hall–Kier alpha value is -1.56. The van der Waals surface area contributed by atoms with E-state index >= 15 is 0 Å². The summed E-state index contributed by atoms with van der Waals surface area (Å²) in [4.78, 5) is 0. The Morgan fingerprint density at radius 2 is 1.65 bits per heavy atom. The Balaban J connectivity index is 1.86. The van der Waals surface area contributed by atoms with Crippen LogP contribution in [-0.2, 0) is 6.42 Å². The second kappa shape index (κ2) is 4.75. The number of hydrogen-bond donors (Lipinski definition) is 0. The minimum Gasteiger partial charge on any atom is -0.0804 e. The lowest BCUT2D eigenvalue weighted by molar-refractivity contribution is 0.872. The molecule has 0 heterocycles. The SMILES string of the molecule is C1=C2CCC=C(Cc3ccccc3)C2=CCC1. The molecule has 86 valence electrons. The smallest absolute Gasteiger partial charge is 0.00230 e. The van der Waals surface area contributed by atoms with Crippen LogP contribution in [-0.4, -0.2) is 0 Å². The molecule has 0 heteroatoms. The maximum absolute atomic E-state index is 2.44. The first-order valence-electron chi connectivity index (χ1n) is 6.56. The molecule has 0 saturated carbocycles. The summed E-state index contributed by atoms with van der Waals surface area (Å²) in [5.41, 5.74) is 6.08. The third kappa shape index (κ3) is 2.26. The third-order valence-electron chi connectivity index (χ3n) is 3.64. The number of allylic oxidation sites excluding steroid dienone is 6. The summed E-state index contributed by atoms with van der Waals surface area (Å²) < 4.78 is 0. The zero-order valence-corrected chi connectivity index (χ0v) is 10.2. The molecule has 0 bridgehead atoms. The number of benzene rings is 1. The largest absolute Gasteiger partial charge is 0.0804 e. The van der Waals surface area contributed by atoms with E-state index < -0.39 is 0 Å². The Morgan fingerprint density at radius 3 is 2.53 bits per heavy atom. The van der Waals surface area contributed by atoms with E-state index in [9.17, 15) is 0 Å². The van der Waals surface area contributed by atoms with Crippen LogP contribution < -0.4 is 0 Å². The molecule has 0 amide bonds. The van der Waals surface area contributed by atoms with Gasteiger partial charge in [0.15, 0.2) is 0 Å². The molecular weight excluding hydrogens is 204 g/mol. The van der Waals surface area contributed by atoms with Gasteiger partial charge >= 0.3 is 0 Å². The van der Waals surface area contributed by atoms with Gasteiger partial charge in [-0.15, -0.1) is 0 Å². The van der Waals surface area contributed by atoms with Gasteiger partial charge in [-0.25, -0.2) is 0 Å². The van der Waals surface area contributed by atoms with Crippen molar-refractivity contribution < 1.29 is 0 Å². The molecule has 0 fully saturated rings. The highest BCUT2D eigenvalue weighted by Crippen LogP contribution is 2.34. The molecule has 0 atom stereocenters. The van der Waals surface area contributed by atoms with Gasteiger partial charge in [-0.05, 0) is 54.4 Å². The summed E-state index contributed by atoms with van der Waals surface area (Å²) in [5.74, 6) is 0. The standard InChI is InChI=1S/C17H18/c1-2-7-14(8-3-1)13-16-11-6-10-15-9-4-5-12-17(15)16/h1-3,7-9,11-12H,4-6,10,13H2. The van der Waals surface area contributed by atoms with Crippen molar-refractivity contribution in [3.05, 3.63) is 70.8 Å². The molecule has 17 heavy (non-hydrogen) atoms. The number of rotatable bonds is 2. The van der Waals surface area contributed by atoms with Crippen molar-refractivity contribution >= 4 is 0 Å². The lowest BCUT2D eigenvalue weighted by Crippen LogP contribution is -2.06. The van der Waals surface area contributed by atoms with Gasteiger partial charge in [0.1, 0.15) is 0 Å². The average Bonchev–Trinajstić information content (AvgIpc) is 2.40. The topological polar surface area (TPSA) is 0 Å². The Morgan fingerprint density at radius 1 is 0.824 bits per heavy atom. The van der Waals surface area contributed by atoms with Crippen LogP contribution in [0.15, 0.2) is 65.3 Å². The fourth-order valence-electron chi connectivity index (χ4n) is 2.80. The van der Waals surface area contributed by atoms with Crippen LogP contribution in [0, 0.1) is 0 Å². The molecule has 0 aromatic heterocycles. The molecular formula is C17H18.